The van der Waals surface area contributed by atoms with Crippen LogP contribution in [0, 0.1) is 11.6 Å². The lowest BCUT2D eigenvalue weighted by Gasteiger charge is -2.09. The van der Waals surface area contributed by atoms with E-state index in [1.54, 1.807) is 0 Å². The molecule has 0 saturated heterocycles. The number of hydrogen-bond donors (Lipinski definition) is 2. The Kier molecular flexibility index (Phi) is 5.49. The number of nitrogens with zero attached hydrogens (tertiary/aromatic N) is 1. The van der Waals surface area contributed by atoms with E-state index in [9.17, 15) is 22.0 Å². The number of anilines is 1. The van der Waals surface area contributed by atoms with Gasteiger partial charge in [-0.25, -0.2) is 13.8 Å². The van der Waals surface area contributed by atoms with Crippen molar-refractivity contribution < 1.29 is 22.0 Å². The molecule has 8 heteroatoms. The summed E-state index contributed by atoms with van der Waals surface area (Å²) in [6, 6.07) is 5.36. The molecule has 0 fully saturated rings. The third kappa shape index (κ3) is 5.17. The first kappa shape index (κ1) is 17.1. The largest absolute Gasteiger partial charge is 0.417 e. The second kappa shape index (κ2) is 7.36. The van der Waals surface area contributed by atoms with Gasteiger partial charge in [0.15, 0.2) is 0 Å². The van der Waals surface area contributed by atoms with Crippen molar-refractivity contribution in [2.75, 3.05) is 18.4 Å². The van der Waals surface area contributed by atoms with Crippen LogP contribution in [0.2, 0.25) is 0 Å². The van der Waals surface area contributed by atoms with Crippen molar-refractivity contribution in [2.24, 2.45) is 0 Å². The number of benzene rings is 1. The maximum Gasteiger partial charge on any atom is 0.417 e. The number of nitrogens with one attached hydrogen (secondary N) is 2. The number of rotatable bonds is 6. The van der Waals surface area contributed by atoms with E-state index in [2.05, 4.69) is 15.6 Å². The summed E-state index contributed by atoms with van der Waals surface area (Å²) in [7, 11) is 0. The fourth-order valence-electron chi connectivity index (χ4n) is 1.85. The average Bonchev–Trinajstić information content (AvgIpc) is 2.50. The van der Waals surface area contributed by atoms with Crippen molar-refractivity contribution in [3.8, 4) is 0 Å². The lowest BCUT2D eigenvalue weighted by molar-refractivity contribution is -0.137. The van der Waals surface area contributed by atoms with Crippen molar-refractivity contribution in [1.29, 1.82) is 0 Å². The number of pyridine rings is 1. The van der Waals surface area contributed by atoms with E-state index in [4.69, 9.17) is 0 Å². The lowest BCUT2D eigenvalue weighted by Crippen LogP contribution is -2.22. The van der Waals surface area contributed by atoms with Crippen LogP contribution in [-0.2, 0) is 12.7 Å². The molecule has 3 nitrogen and oxygen atoms in total. The zero-order valence-electron chi connectivity index (χ0n) is 11.9. The minimum atomic E-state index is -4.41. The number of alkyl halides is 3. The van der Waals surface area contributed by atoms with Crippen LogP contribution in [0.3, 0.4) is 0 Å². The predicted molar refractivity (Wildman–Crippen MR) is 75.8 cm³/mol. The van der Waals surface area contributed by atoms with E-state index in [0.717, 1.165) is 30.5 Å². The van der Waals surface area contributed by atoms with Gasteiger partial charge >= 0.3 is 6.18 Å². The van der Waals surface area contributed by atoms with Crippen molar-refractivity contribution in [1.82, 2.24) is 10.3 Å². The topological polar surface area (TPSA) is 37.0 Å². The maximum atomic E-state index is 13.4. The minimum Gasteiger partial charge on any atom is -0.369 e. The van der Waals surface area contributed by atoms with Gasteiger partial charge in [-0.3, -0.25) is 0 Å². The molecule has 1 heterocycles. The summed E-state index contributed by atoms with van der Waals surface area (Å²) in [5.41, 5.74) is -0.611. The Morgan fingerprint density at radius 1 is 1.00 bits per heavy atom. The monoisotopic (exact) mass is 331 g/mol. The van der Waals surface area contributed by atoms with Crippen molar-refractivity contribution in [3.63, 3.8) is 0 Å². The molecule has 0 atom stereocenters. The molecule has 0 spiro atoms. The standard InChI is InChI=1S/C15H14F5N3/c16-12-2-3-13(17)10(7-12)8-21-5-6-22-14-4-1-11(9-23-14)15(18,19)20/h1-4,7,9,21H,5-6,8H2,(H,22,23). The summed E-state index contributed by atoms with van der Waals surface area (Å²) < 4.78 is 63.4. The van der Waals surface area contributed by atoms with E-state index in [-0.39, 0.29) is 12.1 Å². The fourth-order valence-corrected chi connectivity index (χ4v) is 1.85. The molecular formula is C15H14F5N3. The van der Waals surface area contributed by atoms with Gasteiger partial charge in [0.05, 0.1) is 5.56 Å². The third-order valence-electron chi connectivity index (χ3n) is 3.02. The smallest absolute Gasteiger partial charge is 0.369 e. The first-order valence-corrected chi connectivity index (χ1v) is 6.78. The van der Waals surface area contributed by atoms with Gasteiger partial charge in [0.1, 0.15) is 17.5 Å². The van der Waals surface area contributed by atoms with Crippen molar-refractivity contribution >= 4 is 5.82 Å². The van der Waals surface area contributed by atoms with Crippen LogP contribution in [0.5, 0.6) is 0 Å². The summed E-state index contributed by atoms with van der Waals surface area (Å²) >= 11 is 0. The van der Waals surface area contributed by atoms with E-state index >= 15 is 0 Å². The normalized spacial score (nSPS) is 11.5. The molecule has 0 bridgehead atoms. The van der Waals surface area contributed by atoms with Gasteiger partial charge in [-0.05, 0) is 30.3 Å². The number of hydrogen-bond acceptors (Lipinski definition) is 3. The molecular weight excluding hydrogens is 317 g/mol. The molecule has 2 aromatic rings. The maximum absolute atomic E-state index is 13.4. The van der Waals surface area contributed by atoms with Gasteiger partial charge in [0.25, 0.3) is 0 Å². The zero-order chi connectivity index (χ0) is 16.9. The quantitative estimate of drug-likeness (QED) is 0.627. The van der Waals surface area contributed by atoms with Gasteiger partial charge in [-0.2, -0.15) is 13.2 Å². The number of halogens is 5. The molecule has 2 rings (SSSR count). The molecule has 0 aliphatic carbocycles. The predicted octanol–water partition coefficient (Wildman–Crippen LogP) is 3.58. The highest BCUT2D eigenvalue weighted by molar-refractivity contribution is 5.36. The molecule has 0 unspecified atom stereocenters. The van der Waals surface area contributed by atoms with E-state index in [0.29, 0.717) is 18.9 Å². The van der Waals surface area contributed by atoms with Crippen LogP contribution in [0.4, 0.5) is 27.8 Å². The van der Waals surface area contributed by atoms with E-state index in [1.807, 2.05) is 0 Å². The molecule has 2 N–H and O–H groups in total. The van der Waals surface area contributed by atoms with Gasteiger partial charge in [0, 0.05) is 31.4 Å². The first-order valence-electron chi connectivity index (χ1n) is 6.78. The summed E-state index contributed by atoms with van der Waals surface area (Å²) in [5.74, 6) is -0.719. The Hall–Kier alpha value is -2.22. The minimum absolute atomic E-state index is 0.145. The second-order valence-corrected chi connectivity index (χ2v) is 4.77. The molecule has 0 amide bonds. The third-order valence-corrected chi connectivity index (χ3v) is 3.02. The Bertz CT molecular complexity index is 641. The SMILES string of the molecule is Fc1ccc(F)c(CNCCNc2ccc(C(F)(F)F)cn2)c1. The lowest BCUT2D eigenvalue weighted by atomic mass is 10.2. The average molecular weight is 331 g/mol. The Labute approximate surface area is 129 Å². The number of aromatic nitrogens is 1. The molecule has 0 aliphatic rings. The highest BCUT2D eigenvalue weighted by Crippen LogP contribution is 2.28. The summed E-state index contributed by atoms with van der Waals surface area (Å²) in [6.07, 6.45) is -3.67. The van der Waals surface area contributed by atoms with Crippen LogP contribution in [0.15, 0.2) is 36.5 Å². The molecule has 1 aromatic heterocycles. The molecule has 1 aromatic carbocycles. The second-order valence-electron chi connectivity index (χ2n) is 4.77. The van der Waals surface area contributed by atoms with E-state index < -0.39 is 23.4 Å². The Morgan fingerprint density at radius 3 is 2.43 bits per heavy atom. The molecule has 23 heavy (non-hydrogen) atoms. The van der Waals surface area contributed by atoms with Crippen LogP contribution in [-0.4, -0.2) is 18.1 Å². The Morgan fingerprint density at radius 2 is 1.78 bits per heavy atom. The van der Waals surface area contributed by atoms with Crippen LogP contribution >= 0.6 is 0 Å². The molecule has 0 saturated carbocycles. The van der Waals surface area contributed by atoms with Crippen LogP contribution in [0.1, 0.15) is 11.1 Å². The van der Waals surface area contributed by atoms with Gasteiger partial charge in [-0.1, -0.05) is 0 Å². The van der Waals surface area contributed by atoms with Gasteiger partial charge in [0.2, 0.25) is 0 Å². The van der Waals surface area contributed by atoms with Gasteiger partial charge in [-0.15, -0.1) is 0 Å². The summed E-state index contributed by atoms with van der Waals surface area (Å²) in [6.45, 7) is 0.916. The van der Waals surface area contributed by atoms with Crippen molar-refractivity contribution in [3.05, 3.63) is 59.3 Å². The van der Waals surface area contributed by atoms with Crippen molar-refractivity contribution in [2.45, 2.75) is 12.7 Å². The molecule has 0 radical (unpaired) electrons. The van der Waals surface area contributed by atoms with Gasteiger partial charge < -0.3 is 10.6 Å². The highest BCUT2D eigenvalue weighted by atomic mass is 19.4. The first-order chi connectivity index (χ1) is 10.9. The molecule has 124 valence electrons. The summed E-state index contributed by atoms with van der Waals surface area (Å²) in [4.78, 5) is 3.66. The van der Waals surface area contributed by atoms with Crippen LogP contribution in [0.25, 0.3) is 0 Å². The van der Waals surface area contributed by atoms with Crippen LogP contribution < -0.4 is 10.6 Å². The van der Waals surface area contributed by atoms with E-state index in [1.165, 1.54) is 6.07 Å². The molecule has 0 aliphatic heterocycles. The highest BCUT2D eigenvalue weighted by Gasteiger charge is 2.30. The summed E-state index contributed by atoms with van der Waals surface area (Å²) in [5, 5.41) is 5.73. The zero-order valence-corrected chi connectivity index (χ0v) is 11.9. The fraction of sp³-hybridized carbons (Fsp3) is 0.267. The Balaban J connectivity index is 1.74.